The van der Waals surface area contributed by atoms with Gasteiger partial charge in [-0.05, 0) is 64.8 Å². The third-order valence-corrected chi connectivity index (χ3v) is 13.5. The van der Waals surface area contributed by atoms with E-state index in [4.69, 9.17) is 17.2 Å². The number of nitrogens with one attached hydrogen (secondary N) is 13. The van der Waals surface area contributed by atoms with Crippen LogP contribution in [0.25, 0.3) is 0 Å². The van der Waals surface area contributed by atoms with Gasteiger partial charge >= 0.3 is 17.9 Å². The van der Waals surface area contributed by atoms with Crippen LogP contribution >= 0.6 is 25.3 Å². The predicted molar refractivity (Wildman–Crippen MR) is 326 cm³/mol. The Balaban J connectivity index is 6.06. The first-order valence-corrected chi connectivity index (χ1v) is 30.0. The lowest BCUT2D eigenvalue weighted by Crippen LogP contribution is -2.62. The number of carboxylic acids is 3. The monoisotopic (exact) mass is 1370 g/mol. The molecule has 12 atom stereocenters. The number of aliphatic hydroxyl groups excluding tert-OH is 2. The van der Waals surface area contributed by atoms with Gasteiger partial charge in [-0.1, -0.05) is 13.8 Å². The van der Waals surface area contributed by atoms with Gasteiger partial charge in [0.2, 0.25) is 88.6 Å². The SMILES string of the molecule is CC(=O)N[C@@H](CS)C(=O)N[C@@H](CC(N)=O)C(=O)N[C@@H](CCCCN)C(=O)N[C@H](C(=O)N[C@@H](CO)C(=O)N[C@@H](CCC(=O)O)C(=O)NCC(=O)N[C@@H](C)C(=O)N[C@@H](CC(=O)O)C(=O)NCC(=O)N[C@@H](CS)C(=O)N[C@@H](CCC(=O)O)C(=O)N[C@@H](CC(C)C)C(N)=O)[C@@H](C)O. The lowest BCUT2D eigenvalue weighted by Gasteiger charge is -2.28. The zero-order valence-corrected chi connectivity index (χ0v) is 53.3. The van der Waals surface area contributed by atoms with Crippen molar-refractivity contribution in [1.29, 1.82) is 0 Å². The summed E-state index contributed by atoms with van der Waals surface area (Å²) in [4.78, 5) is 229. The molecule has 0 bridgehead atoms. The largest absolute Gasteiger partial charge is 0.481 e. The summed E-state index contributed by atoms with van der Waals surface area (Å²) >= 11 is 8.02. The first-order valence-electron chi connectivity index (χ1n) is 28.7. The molecule has 0 radical (unpaired) electrons. The van der Waals surface area contributed by atoms with E-state index >= 15 is 0 Å². The van der Waals surface area contributed by atoms with Crippen LogP contribution in [0.5, 0.6) is 0 Å². The Kier molecular flexibility index (Phi) is 39.5. The Morgan fingerprint density at radius 2 is 0.828 bits per heavy atom. The molecule has 93 heavy (non-hydrogen) atoms. The molecule has 24 N–H and O–H groups in total. The molecule has 41 heteroatoms. The lowest BCUT2D eigenvalue weighted by atomic mass is 10.0. The summed E-state index contributed by atoms with van der Waals surface area (Å²) in [6.07, 6.45) is -5.86. The summed E-state index contributed by atoms with van der Waals surface area (Å²) in [5.74, 6) is -21.8. The second kappa shape index (κ2) is 43.7. The van der Waals surface area contributed by atoms with Crippen LogP contribution in [0.2, 0.25) is 0 Å². The fraction of sp³-hybridized carbons (Fsp3) is 0.654. The van der Waals surface area contributed by atoms with E-state index in [1.54, 1.807) is 13.8 Å². The molecule has 0 aliphatic carbocycles. The molecule has 15 amide bonds. The molecule has 0 unspecified atom stereocenters. The van der Waals surface area contributed by atoms with Gasteiger partial charge in [-0.25, -0.2) is 0 Å². The van der Waals surface area contributed by atoms with E-state index < -0.39 is 243 Å². The van der Waals surface area contributed by atoms with Crippen molar-refractivity contribution in [2.45, 2.75) is 171 Å². The molecule has 0 aromatic carbocycles. The maximum Gasteiger partial charge on any atom is 0.305 e. The molecular formula is C52H86N16O23S2. The van der Waals surface area contributed by atoms with Gasteiger partial charge in [-0.2, -0.15) is 25.3 Å². The van der Waals surface area contributed by atoms with E-state index in [1.165, 1.54) is 0 Å². The maximum absolute atomic E-state index is 13.7. The minimum absolute atomic E-state index is 0.104. The molecule has 0 aromatic rings. The zero-order valence-electron chi connectivity index (χ0n) is 51.5. The Bertz CT molecular complexity index is 2690. The average molecular weight is 1370 g/mol. The maximum atomic E-state index is 13.7. The third kappa shape index (κ3) is 34.3. The van der Waals surface area contributed by atoms with E-state index in [1.807, 2.05) is 0 Å². The van der Waals surface area contributed by atoms with Crippen LogP contribution in [0.1, 0.15) is 98.8 Å². The predicted octanol–water partition coefficient (Wildman–Crippen LogP) is -10.4. The van der Waals surface area contributed by atoms with E-state index in [0.717, 1.165) is 20.8 Å². The third-order valence-electron chi connectivity index (χ3n) is 12.8. The summed E-state index contributed by atoms with van der Waals surface area (Å²) in [6.45, 7) is 3.58. The molecule has 0 aliphatic rings. The van der Waals surface area contributed by atoms with Crippen molar-refractivity contribution in [3.63, 3.8) is 0 Å². The molecule has 0 aliphatic heterocycles. The van der Waals surface area contributed by atoms with Gasteiger partial charge in [0.15, 0.2) is 0 Å². The molecule has 0 rings (SSSR count). The number of hydrogen-bond acceptors (Lipinski definition) is 23. The van der Waals surface area contributed by atoms with Gasteiger partial charge < -0.3 is 112 Å². The standard InChI is InChI=1S/C52H86N16O23S2/c1-22(2)14-29(42(55)81)64-46(85)28(10-12-39(77)78)63-51(90)34(21-93)60-37(74)18-57-45(84)31(16-40(79)80)65-43(82)23(3)58-36(73)17-56-44(83)27(9-11-38(75)76)62-49(88)32(19-69)67-52(91)41(24(4)70)68-47(86)26(8-6-7-13-53)61-48(87)30(15-35(54)72)66-50(89)33(20-92)59-25(5)71/h22-24,26-34,41,69-70,92-93H,6-21,53H2,1-5H3,(H2,54,72)(H2,55,81)(H,56,83)(H,57,84)(H,58,73)(H,59,71)(H,60,74)(H,61,87)(H,62,88)(H,63,90)(H,64,85)(H,65,82)(H,66,89)(H,67,91)(H,68,86)(H,75,76)(H,77,78)(H,79,80)/t23-,24+,26-,27-,28-,29-,30-,31-,32-,33-,34-,41-/m0/s1. The summed E-state index contributed by atoms with van der Waals surface area (Å²) in [5, 5.41) is 77.3. The number of rotatable bonds is 46. The fourth-order valence-corrected chi connectivity index (χ4v) is 8.45. The summed E-state index contributed by atoms with van der Waals surface area (Å²) in [5.41, 5.74) is 16.3. The smallest absolute Gasteiger partial charge is 0.305 e. The Morgan fingerprint density at radius 1 is 0.430 bits per heavy atom. The number of unbranched alkanes of at least 4 members (excludes halogenated alkanes) is 1. The minimum atomic E-state index is -2.01. The molecule has 0 heterocycles. The molecule has 39 nitrogen and oxygen atoms in total. The van der Waals surface area contributed by atoms with Gasteiger partial charge in [0, 0.05) is 31.3 Å². The fourth-order valence-electron chi connectivity index (χ4n) is 7.94. The number of amides is 15. The number of hydrogen-bond donors (Lipinski definition) is 23. The summed E-state index contributed by atoms with van der Waals surface area (Å²) in [6, 6.07) is -18.2. The highest BCUT2D eigenvalue weighted by molar-refractivity contribution is 7.80. The second-order valence-electron chi connectivity index (χ2n) is 21.3. The zero-order chi connectivity index (χ0) is 71.4. The molecule has 0 spiro atoms. The number of carbonyl (C=O) groups is 18. The van der Waals surface area contributed by atoms with Crippen molar-refractivity contribution in [2.24, 2.45) is 23.1 Å². The van der Waals surface area contributed by atoms with Gasteiger partial charge in [0.1, 0.15) is 66.5 Å². The Labute approximate surface area is 543 Å². The highest BCUT2D eigenvalue weighted by Gasteiger charge is 2.37. The number of carboxylic acid groups (broad SMARTS) is 3. The van der Waals surface area contributed by atoms with Gasteiger partial charge in [-0.15, -0.1) is 0 Å². The second-order valence-corrected chi connectivity index (χ2v) is 22.0. The molecule has 0 saturated heterocycles. The van der Waals surface area contributed by atoms with Crippen LogP contribution in [0, 0.1) is 5.92 Å². The van der Waals surface area contributed by atoms with Crippen LogP contribution in [0.4, 0.5) is 0 Å². The average Bonchev–Trinajstić information content (AvgIpc) is 1.10. The van der Waals surface area contributed by atoms with Crippen molar-refractivity contribution >= 4 is 132 Å². The van der Waals surface area contributed by atoms with E-state index in [-0.39, 0.29) is 37.5 Å². The van der Waals surface area contributed by atoms with Crippen molar-refractivity contribution in [2.75, 3.05) is 37.7 Å². The number of nitrogens with two attached hydrogens (primary N) is 3. The van der Waals surface area contributed by atoms with E-state index in [9.17, 15) is 112 Å². The quantitative estimate of drug-likeness (QED) is 0.0199. The number of carbonyl (C=O) groups excluding carboxylic acids is 15. The van der Waals surface area contributed by atoms with Crippen molar-refractivity contribution in [3.05, 3.63) is 0 Å². The van der Waals surface area contributed by atoms with Crippen LogP contribution in [0.3, 0.4) is 0 Å². The van der Waals surface area contributed by atoms with Gasteiger partial charge in [-0.3, -0.25) is 86.3 Å². The van der Waals surface area contributed by atoms with Crippen molar-refractivity contribution in [1.82, 2.24) is 69.1 Å². The number of aliphatic carboxylic acids is 3. The normalized spacial score (nSPS) is 14.7. The Hall–Kier alpha value is -8.96. The molecule has 0 aromatic heterocycles. The van der Waals surface area contributed by atoms with Crippen LogP contribution < -0.4 is 86.3 Å². The molecule has 0 saturated carbocycles. The first kappa shape index (κ1) is 84.0. The van der Waals surface area contributed by atoms with E-state index in [2.05, 4.69) is 94.4 Å². The summed E-state index contributed by atoms with van der Waals surface area (Å²) in [7, 11) is 0. The van der Waals surface area contributed by atoms with Crippen LogP contribution in [0.15, 0.2) is 0 Å². The molecule has 524 valence electrons. The topological polar surface area (TPSA) is 643 Å². The first-order chi connectivity index (χ1) is 43.4. The van der Waals surface area contributed by atoms with Crippen LogP contribution in [-0.4, -0.2) is 242 Å². The molecule has 0 fully saturated rings. The number of primary amides is 2. The summed E-state index contributed by atoms with van der Waals surface area (Å²) < 4.78 is 0. The Morgan fingerprint density at radius 3 is 1.27 bits per heavy atom. The highest BCUT2D eigenvalue weighted by atomic mass is 32.1. The van der Waals surface area contributed by atoms with Crippen LogP contribution in [-0.2, 0) is 86.3 Å². The van der Waals surface area contributed by atoms with Gasteiger partial charge in [0.25, 0.3) is 0 Å². The highest BCUT2D eigenvalue weighted by Crippen LogP contribution is 2.10. The lowest BCUT2D eigenvalue weighted by molar-refractivity contribution is -0.141. The van der Waals surface area contributed by atoms with Crippen molar-refractivity contribution < 1.29 is 112 Å². The van der Waals surface area contributed by atoms with E-state index in [0.29, 0.717) is 6.42 Å². The minimum Gasteiger partial charge on any atom is -0.481 e. The van der Waals surface area contributed by atoms with Crippen molar-refractivity contribution in [3.8, 4) is 0 Å². The number of aliphatic hydroxyl groups is 2. The van der Waals surface area contributed by atoms with Gasteiger partial charge in [0.05, 0.1) is 38.6 Å². The molecular weight excluding hydrogens is 1280 g/mol. The number of thiol groups is 2.